The van der Waals surface area contributed by atoms with Gasteiger partial charge in [-0.15, -0.1) is 0 Å². The predicted molar refractivity (Wildman–Crippen MR) is 120 cm³/mol. The van der Waals surface area contributed by atoms with E-state index in [1.807, 2.05) is 11.0 Å². The number of nitrogens with zero attached hydrogens (tertiary/aromatic N) is 2. The molecule has 1 aliphatic heterocycles. The Morgan fingerprint density at radius 2 is 1.42 bits per heavy atom. The smallest absolute Gasteiger partial charge is 0.368 e. The number of anilines is 2. The van der Waals surface area contributed by atoms with E-state index in [0.29, 0.717) is 48.7 Å². The fourth-order valence-electron chi connectivity index (χ4n) is 3.72. The number of halogens is 3. The number of carbonyl (C=O) groups is 2. The largest absolute Gasteiger partial charge is 0.416 e. The lowest BCUT2D eigenvalue weighted by Gasteiger charge is -2.36. The van der Waals surface area contributed by atoms with E-state index in [4.69, 9.17) is 0 Å². The Hall–Kier alpha value is -3.81. The monoisotopic (exact) mass is 453 g/mol. The first-order valence-electron chi connectivity index (χ1n) is 10.5. The molecule has 1 aliphatic rings. The molecule has 3 aromatic rings. The van der Waals surface area contributed by atoms with E-state index in [2.05, 4.69) is 5.32 Å². The highest BCUT2D eigenvalue weighted by Gasteiger charge is 2.31. The maximum atomic E-state index is 13.0. The minimum Gasteiger partial charge on any atom is -0.368 e. The predicted octanol–water partition coefficient (Wildman–Crippen LogP) is 4.92. The van der Waals surface area contributed by atoms with Gasteiger partial charge in [0, 0.05) is 48.7 Å². The van der Waals surface area contributed by atoms with E-state index >= 15 is 0 Å². The van der Waals surface area contributed by atoms with E-state index < -0.39 is 11.7 Å². The van der Waals surface area contributed by atoms with E-state index in [0.717, 1.165) is 12.1 Å². The van der Waals surface area contributed by atoms with Crippen LogP contribution in [0.3, 0.4) is 0 Å². The maximum absolute atomic E-state index is 13.0. The molecule has 33 heavy (non-hydrogen) atoms. The Bertz CT molecular complexity index is 1120. The van der Waals surface area contributed by atoms with E-state index in [1.165, 1.54) is 6.07 Å². The summed E-state index contributed by atoms with van der Waals surface area (Å²) in [4.78, 5) is 28.6. The molecule has 2 amide bonds. The molecule has 0 atom stereocenters. The zero-order chi connectivity index (χ0) is 23.4. The molecular weight excluding hydrogens is 431 g/mol. The molecule has 0 radical (unpaired) electrons. The summed E-state index contributed by atoms with van der Waals surface area (Å²) >= 11 is 0. The number of benzene rings is 3. The summed E-state index contributed by atoms with van der Waals surface area (Å²) in [6.07, 6.45) is -4.39. The molecule has 1 N–H and O–H groups in total. The summed E-state index contributed by atoms with van der Waals surface area (Å²) < 4.78 is 38.9. The van der Waals surface area contributed by atoms with Gasteiger partial charge in [0.05, 0.1) is 5.56 Å². The average molecular weight is 453 g/mol. The number of amides is 2. The van der Waals surface area contributed by atoms with E-state index in [-0.39, 0.29) is 11.8 Å². The number of hydrogen-bond acceptors (Lipinski definition) is 3. The molecule has 170 valence electrons. The lowest BCUT2D eigenvalue weighted by atomic mass is 10.1. The van der Waals surface area contributed by atoms with Crippen molar-refractivity contribution in [1.82, 2.24) is 4.90 Å². The van der Waals surface area contributed by atoms with Crippen LogP contribution in [0, 0.1) is 0 Å². The van der Waals surface area contributed by atoms with Crippen molar-refractivity contribution in [3.8, 4) is 0 Å². The second-order valence-corrected chi connectivity index (χ2v) is 7.72. The third kappa shape index (κ3) is 5.34. The summed E-state index contributed by atoms with van der Waals surface area (Å²) in [6.45, 7) is 1.69. The van der Waals surface area contributed by atoms with Gasteiger partial charge in [0.25, 0.3) is 11.8 Å². The lowest BCUT2D eigenvalue weighted by Crippen LogP contribution is -2.48. The Labute approximate surface area is 189 Å². The third-order valence-electron chi connectivity index (χ3n) is 5.53. The molecule has 0 aromatic heterocycles. The molecular formula is C25H22F3N3O2. The summed E-state index contributed by atoms with van der Waals surface area (Å²) in [6, 6.07) is 20.7. The van der Waals surface area contributed by atoms with Crippen molar-refractivity contribution >= 4 is 23.2 Å². The zero-order valence-corrected chi connectivity index (χ0v) is 17.7. The highest BCUT2D eigenvalue weighted by molar-refractivity contribution is 6.04. The molecule has 0 spiro atoms. The molecule has 5 nitrogen and oxygen atoms in total. The van der Waals surface area contributed by atoms with Crippen molar-refractivity contribution in [2.24, 2.45) is 0 Å². The van der Waals surface area contributed by atoms with Gasteiger partial charge in [-0.05, 0) is 54.6 Å². The zero-order valence-electron chi connectivity index (χ0n) is 17.7. The van der Waals surface area contributed by atoms with Crippen LogP contribution in [0.5, 0.6) is 0 Å². The molecule has 1 heterocycles. The summed E-state index contributed by atoms with van der Waals surface area (Å²) in [5.41, 5.74) is 1.42. The summed E-state index contributed by atoms with van der Waals surface area (Å²) in [5, 5.41) is 2.79. The molecule has 3 aromatic carbocycles. The topological polar surface area (TPSA) is 52.7 Å². The fourth-order valence-corrected chi connectivity index (χ4v) is 3.72. The van der Waals surface area contributed by atoms with Gasteiger partial charge >= 0.3 is 6.18 Å². The molecule has 0 bridgehead atoms. The Kier molecular flexibility index (Phi) is 6.35. The van der Waals surface area contributed by atoms with Gasteiger partial charge in [0.1, 0.15) is 0 Å². The molecule has 1 fully saturated rings. The molecule has 0 unspecified atom stereocenters. The third-order valence-corrected chi connectivity index (χ3v) is 5.53. The number of hydrogen-bond donors (Lipinski definition) is 1. The SMILES string of the molecule is O=C(Nc1ccc(C(=O)N2CCN(c3cccc(C(F)(F)F)c3)CC2)cc1)c1ccccc1. The van der Waals surface area contributed by atoms with Crippen molar-refractivity contribution in [2.75, 3.05) is 36.4 Å². The average Bonchev–Trinajstić information content (AvgIpc) is 2.84. The van der Waals surface area contributed by atoms with Crippen molar-refractivity contribution in [2.45, 2.75) is 6.18 Å². The van der Waals surface area contributed by atoms with Crippen LogP contribution in [0.15, 0.2) is 78.9 Å². The molecule has 1 saturated heterocycles. The van der Waals surface area contributed by atoms with Gasteiger partial charge in [-0.1, -0.05) is 24.3 Å². The van der Waals surface area contributed by atoms with Gasteiger partial charge in [-0.25, -0.2) is 0 Å². The van der Waals surface area contributed by atoms with Gasteiger partial charge in [-0.2, -0.15) is 13.2 Å². The summed E-state index contributed by atoms with van der Waals surface area (Å²) in [7, 11) is 0. The number of alkyl halides is 3. The second-order valence-electron chi connectivity index (χ2n) is 7.72. The van der Waals surface area contributed by atoms with E-state index in [1.54, 1.807) is 59.5 Å². The van der Waals surface area contributed by atoms with Crippen LogP contribution >= 0.6 is 0 Å². The van der Waals surface area contributed by atoms with Gasteiger partial charge in [0.2, 0.25) is 0 Å². The first kappa shape index (κ1) is 22.4. The standard InChI is InChI=1S/C25H22F3N3O2/c26-25(27,28)20-7-4-8-22(17-20)30-13-15-31(16-14-30)24(33)19-9-11-21(12-10-19)29-23(32)18-5-2-1-3-6-18/h1-12,17H,13-16H2,(H,29,32). The Morgan fingerprint density at radius 3 is 2.06 bits per heavy atom. The van der Waals surface area contributed by atoms with E-state index in [9.17, 15) is 22.8 Å². The fraction of sp³-hybridized carbons (Fsp3) is 0.200. The quantitative estimate of drug-likeness (QED) is 0.610. The first-order valence-corrected chi connectivity index (χ1v) is 10.5. The van der Waals surface area contributed by atoms with Crippen LogP contribution < -0.4 is 10.2 Å². The minimum absolute atomic E-state index is 0.153. The van der Waals surface area contributed by atoms with Crippen LogP contribution in [-0.4, -0.2) is 42.9 Å². The van der Waals surface area contributed by atoms with Crippen LogP contribution in [0.25, 0.3) is 0 Å². The Morgan fingerprint density at radius 1 is 0.758 bits per heavy atom. The van der Waals surface area contributed by atoms with Gasteiger partial charge < -0.3 is 15.1 Å². The molecule has 0 saturated carbocycles. The molecule has 0 aliphatic carbocycles. The number of nitrogens with one attached hydrogen (secondary N) is 1. The van der Waals surface area contributed by atoms with Crippen molar-refractivity contribution < 1.29 is 22.8 Å². The Balaban J connectivity index is 1.35. The highest BCUT2D eigenvalue weighted by atomic mass is 19.4. The number of piperazine rings is 1. The maximum Gasteiger partial charge on any atom is 0.416 e. The van der Waals surface area contributed by atoms with Crippen molar-refractivity contribution in [3.05, 3.63) is 95.6 Å². The minimum atomic E-state index is -4.39. The first-order chi connectivity index (χ1) is 15.8. The summed E-state index contributed by atoms with van der Waals surface area (Å²) in [5.74, 6) is -0.389. The number of carbonyl (C=O) groups excluding carboxylic acids is 2. The van der Waals surface area contributed by atoms with Gasteiger partial charge in [0.15, 0.2) is 0 Å². The van der Waals surface area contributed by atoms with Gasteiger partial charge in [-0.3, -0.25) is 9.59 Å². The van der Waals surface area contributed by atoms with Crippen LogP contribution in [0.2, 0.25) is 0 Å². The molecule has 8 heteroatoms. The van der Waals surface area contributed by atoms with Crippen LogP contribution in [-0.2, 0) is 6.18 Å². The van der Waals surface area contributed by atoms with Crippen LogP contribution in [0.1, 0.15) is 26.3 Å². The van der Waals surface area contributed by atoms with Crippen LogP contribution in [0.4, 0.5) is 24.5 Å². The van der Waals surface area contributed by atoms with Crippen molar-refractivity contribution in [3.63, 3.8) is 0 Å². The normalized spacial score (nSPS) is 14.2. The number of rotatable bonds is 4. The highest BCUT2D eigenvalue weighted by Crippen LogP contribution is 2.32. The molecule has 4 rings (SSSR count). The second kappa shape index (κ2) is 9.36. The lowest BCUT2D eigenvalue weighted by molar-refractivity contribution is -0.137. The van der Waals surface area contributed by atoms with Crippen molar-refractivity contribution in [1.29, 1.82) is 0 Å².